The van der Waals surface area contributed by atoms with Gasteiger partial charge in [-0.05, 0) is 44.0 Å². The molecule has 0 aliphatic rings. The van der Waals surface area contributed by atoms with Crippen molar-refractivity contribution in [2.75, 3.05) is 0 Å². The van der Waals surface area contributed by atoms with Crippen molar-refractivity contribution in [3.05, 3.63) is 33.2 Å². The summed E-state index contributed by atoms with van der Waals surface area (Å²) in [5.41, 5.74) is 0.662. The fourth-order valence-electron chi connectivity index (χ4n) is 0.991. The first-order valence-corrected chi connectivity index (χ1v) is 4.79. The fourth-order valence-corrected chi connectivity index (χ4v) is 1.72. The molecule has 0 saturated carbocycles. The molecule has 1 aromatic heterocycles. The fraction of sp³-hybridized carbons (Fsp3) is 0. The molecule has 2 rings (SSSR count). The summed E-state index contributed by atoms with van der Waals surface area (Å²) in [5, 5.41) is 0.746. The number of rotatable bonds is 0. The zero-order valence-corrected chi connectivity index (χ0v) is 8.95. The van der Waals surface area contributed by atoms with Crippen LogP contribution in [0.4, 0.5) is 4.39 Å². The third-order valence-electron chi connectivity index (χ3n) is 1.57. The molecule has 0 aliphatic carbocycles. The summed E-state index contributed by atoms with van der Waals surface area (Å²) in [5.74, 6) is -0.287. The lowest BCUT2D eigenvalue weighted by Gasteiger charge is -1.93. The van der Waals surface area contributed by atoms with Crippen molar-refractivity contribution in [3.63, 3.8) is 0 Å². The molecule has 0 aliphatic heterocycles. The predicted octanol–water partition coefficient (Wildman–Crippen LogP) is 4.10. The Morgan fingerprint density at radius 3 is 2.67 bits per heavy atom. The minimum absolute atomic E-state index is 0.287. The average Bonchev–Trinajstić information content (AvgIpc) is 2.35. The van der Waals surface area contributed by atoms with Crippen LogP contribution in [0.1, 0.15) is 0 Å². The Morgan fingerprint density at radius 2 is 1.92 bits per heavy atom. The van der Waals surface area contributed by atoms with Gasteiger partial charge in [0.2, 0.25) is 0 Å². The summed E-state index contributed by atoms with van der Waals surface area (Å²) in [6.07, 6.45) is 1.54. The van der Waals surface area contributed by atoms with Gasteiger partial charge in [0, 0.05) is 5.39 Å². The zero-order valence-electron chi connectivity index (χ0n) is 5.77. The van der Waals surface area contributed by atoms with E-state index in [9.17, 15) is 4.39 Å². The molecular formula is C8H3Br2FO. The molecular weight excluding hydrogens is 291 g/mol. The van der Waals surface area contributed by atoms with E-state index < -0.39 is 0 Å². The van der Waals surface area contributed by atoms with Crippen molar-refractivity contribution in [1.29, 1.82) is 0 Å². The van der Waals surface area contributed by atoms with Crippen LogP contribution in [-0.2, 0) is 0 Å². The maximum atomic E-state index is 13.0. The molecule has 0 radical (unpaired) electrons. The van der Waals surface area contributed by atoms with Gasteiger partial charge in [0.25, 0.3) is 0 Å². The smallest absolute Gasteiger partial charge is 0.138 e. The summed E-state index contributed by atoms with van der Waals surface area (Å²) in [6, 6.07) is 3.03. The molecule has 0 atom stereocenters. The van der Waals surface area contributed by atoms with Crippen LogP contribution < -0.4 is 0 Å². The van der Waals surface area contributed by atoms with Crippen LogP contribution in [0.25, 0.3) is 11.0 Å². The minimum Gasteiger partial charge on any atom is -0.463 e. The van der Waals surface area contributed by atoms with E-state index in [1.807, 2.05) is 0 Å². The van der Waals surface area contributed by atoms with Crippen molar-refractivity contribution in [2.45, 2.75) is 0 Å². The number of hydrogen-bond donors (Lipinski definition) is 0. The molecule has 0 amide bonds. The quantitative estimate of drug-likeness (QED) is 0.713. The van der Waals surface area contributed by atoms with E-state index in [1.165, 1.54) is 12.3 Å². The molecule has 0 fully saturated rings. The average molecular weight is 294 g/mol. The van der Waals surface area contributed by atoms with E-state index in [4.69, 9.17) is 4.42 Å². The van der Waals surface area contributed by atoms with E-state index in [2.05, 4.69) is 31.9 Å². The van der Waals surface area contributed by atoms with Crippen LogP contribution in [0.5, 0.6) is 0 Å². The van der Waals surface area contributed by atoms with Gasteiger partial charge < -0.3 is 4.42 Å². The normalized spacial score (nSPS) is 10.9. The van der Waals surface area contributed by atoms with E-state index in [0.29, 0.717) is 10.1 Å². The molecule has 1 aromatic carbocycles. The Balaban J connectivity index is 2.87. The molecule has 0 spiro atoms. The van der Waals surface area contributed by atoms with Gasteiger partial charge in [-0.25, -0.2) is 4.39 Å². The SMILES string of the molecule is Fc1cc2c(Br)coc2cc1Br. The largest absolute Gasteiger partial charge is 0.463 e. The van der Waals surface area contributed by atoms with Gasteiger partial charge >= 0.3 is 0 Å². The molecule has 1 heterocycles. The van der Waals surface area contributed by atoms with Gasteiger partial charge in [0.05, 0.1) is 8.95 Å². The van der Waals surface area contributed by atoms with Crippen LogP contribution >= 0.6 is 31.9 Å². The van der Waals surface area contributed by atoms with Gasteiger partial charge in [0.15, 0.2) is 0 Å². The third kappa shape index (κ3) is 1.19. The molecule has 4 heteroatoms. The topological polar surface area (TPSA) is 13.1 Å². The summed E-state index contributed by atoms with van der Waals surface area (Å²) >= 11 is 6.33. The van der Waals surface area contributed by atoms with Crippen molar-refractivity contribution in [3.8, 4) is 0 Å². The molecule has 2 aromatic rings. The van der Waals surface area contributed by atoms with Gasteiger partial charge in [-0.15, -0.1) is 0 Å². The Labute approximate surface area is 84.8 Å². The van der Waals surface area contributed by atoms with Gasteiger partial charge in [-0.3, -0.25) is 0 Å². The summed E-state index contributed by atoms with van der Waals surface area (Å²) in [6.45, 7) is 0. The highest BCUT2D eigenvalue weighted by Gasteiger charge is 2.07. The molecule has 12 heavy (non-hydrogen) atoms. The second-order valence-corrected chi connectivity index (χ2v) is 4.05. The second kappa shape index (κ2) is 2.85. The predicted molar refractivity (Wildman–Crippen MR) is 51.6 cm³/mol. The molecule has 0 bridgehead atoms. The Kier molecular flexibility index (Phi) is 1.96. The van der Waals surface area contributed by atoms with Crippen LogP contribution in [0, 0.1) is 5.82 Å². The van der Waals surface area contributed by atoms with Gasteiger partial charge in [0.1, 0.15) is 17.7 Å². The summed E-state index contributed by atoms with van der Waals surface area (Å²) in [7, 11) is 0. The first kappa shape index (κ1) is 8.26. The zero-order chi connectivity index (χ0) is 8.72. The van der Waals surface area contributed by atoms with E-state index in [-0.39, 0.29) is 5.82 Å². The lowest BCUT2D eigenvalue weighted by Crippen LogP contribution is -1.75. The highest BCUT2D eigenvalue weighted by molar-refractivity contribution is 9.11. The maximum Gasteiger partial charge on any atom is 0.138 e. The van der Waals surface area contributed by atoms with Crippen LogP contribution in [0.2, 0.25) is 0 Å². The number of furan rings is 1. The standard InChI is InChI=1S/C8H3Br2FO/c9-5-2-8-4(1-7(5)11)6(10)3-12-8/h1-3H. The van der Waals surface area contributed by atoms with Crippen molar-refractivity contribution < 1.29 is 8.81 Å². The van der Waals surface area contributed by atoms with Crippen molar-refractivity contribution in [1.82, 2.24) is 0 Å². The molecule has 0 unspecified atom stereocenters. The number of fused-ring (bicyclic) bond motifs is 1. The van der Waals surface area contributed by atoms with Crippen LogP contribution in [0.3, 0.4) is 0 Å². The lowest BCUT2D eigenvalue weighted by atomic mass is 10.2. The van der Waals surface area contributed by atoms with Crippen LogP contribution in [-0.4, -0.2) is 0 Å². The monoisotopic (exact) mass is 292 g/mol. The first-order valence-electron chi connectivity index (χ1n) is 3.20. The Hall–Kier alpha value is -0.350. The van der Waals surface area contributed by atoms with Gasteiger partial charge in [-0.1, -0.05) is 0 Å². The minimum atomic E-state index is -0.287. The molecule has 1 nitrogen and oxygen atoms in total. The van der Waals surface area contributed by atoms with E-state index >= 15 is 0 Å². The maximum absolute atomic E-state index is 13.0. The lowest BCUT2D eigenvalue weighted by molar-refractivity contribution is 0.605. The van der Waals surface area contributed by atoms with E-state index in [1.54, 1.807) is 6.07 Å². The molecule has 62 valence electrons. The highest BCUT2D eigenvalue weighted by atomic mass is 79.9. The number of halogens is 3. The molecule has 0 saturated heterocycles. The van der Waals surface area contributed by atoms with Crippen molar-refractivity contribution in [2.24, 2.45) is 0 Å². The second-order valence-electron chi connectivity index (χ2n) is 2.35. The van der Waals surface area contributed by atoms with E-state index in [0.717, 1.165) is 9.86 Å². The first-order chi connectivity index (χ1) is 5.68. The summed E-state index contributed by atoms with van der Waals surface area (Å²) in [4.78, 5) is 0. The number of benzene rings is 1. The number of hydrogen-bond acceptors (Lipinski definition) is 1. The molecule has 0 N–H and O–H groups in total. The van der Waals surface area contributed by atoms with Gasteiger partial charge in [-0.2, -0.15) is 0 Å². The van der Waals surface area contributed by atoms with Crippen LogP contribution in [0.15, 0.2) is 31.8 Å². The highest BCUT2D eigenvalue weighted by Crippen LogP contribution is 2.30. The summed E-state index contributed by atoms with van der Waals surface area (Å²) < 4.78 is 19.3. The van der Waals surface area contributed by atoms with Crippen molar-refractivity contribution >= 4 is 42.8 Å². The Morgan fingerprint density at radius 1 is 1.17 bits per heavy atom. The Bertz CT molecular complexity index is 436. The third-order valence-corrected chi connectivity index (χ3v) is 2.79.